The monoisotopic (exact) mass is 363 g/mol. The van der Waals surface area contributed by atoms with Crippen LogP contribution in [0.5, 0.6) is 11.5 Å². The lowest BCUT2D eigenvalue weighted by molar-refractivity contribution is 0.472. The van der Waals surface area contributed by atoms with E-state index in [0.717, 1.165) is 0 Å². The Morgan fingerprint density at radius 3 is 2.14 bits per heavy atom. The molecule has 110 valence electrons. The molecule has 0 fully saturated rings. The van der Waals surface area contributed by atoms with Crippen LogP contribution in [0.1, 0.15) is 11.1 Å². The van der Waals surface area contributed by atoms with Crippen LogP contribution in [0.2, 0.25) is 10.0 Å². The van der Waals surface area contributed by atoms with Gasteiger partial charge >= 0.3 is 0 Å². The molecule has 0 bridgehead atoms. The second-order valence-corrected chi connectivity index (χ2v) is 6.01. The summed E-state index contributed by atoms with van der Waals surface area (Å²) in [6.07, 6.45) is 0. The lowest BCUT2D eigenvalue weighted by atomic mass is 9.97. The Balaban J connectivity index is 2.78. The molecular weight excluding hydrogens is 356 g/mol. The van der Waals surface area contributed by atoms with Gasteiger partial charge in [0.1, 0.15) is 16.0 Å². The molecule has 21 heavy (non-hydrogen) atoms. The SMILES string of the molecule is Nc1cc(Cl)cc(C(=C(Cl)Cl)c2cc(Cl)ccc2O)c1O. The highest BCUT2D eigenvalue weighted by Gasteiger charge is 2.19. The minimum absolute atomic E-state index is 0.0612. The van der Waals surface area contributed by atoms with Crippen molar-refractivity contribution >= 4 is 57.7 Å². The molecule has 0 amide bonds. The van der Waals surface area contributed by atoms with E-state index < -0.39 is 0 Å². The molecule has 0 unspecified atom stereocenters. The van der Waals surface area contributed by atoms with Crippen LogP contribution in [0.15, 0.2) is 34.8 Å². The summed E-state index contributed by atoms with van der Waals surface area (Å²) in [6.45, 7) is 0. The predicted octanol–water partition coefficient (Wildman–Crippen LogP) is 5.18. The Morgan fingerprint density at radius 2 is 1.52 bits per heavy atom. The maximum Gasteiger partial charge on any atom is 0.146 e. The van der Waals surface area contributed by atoms with E-state index in [1.807, 2.05) is 0 Å². The first kappa shape index (κ1) is 16.1. The number of halogens is 4. The highest BCUT2D eigenvalue weighted by atomic mass is 35.5. The number of nitrogen functional groups attached to an aromatic ring is 1. The summed E-state index contributed by atoms with van der Waals surface area (Å²) < 4.78 is -0.176. The van der Waals surface area contributed by atoms with Crippen LogP contribution in [0.25, 0.3) is 5.57 Å². The lowest BCUT2D eigenvalue weighted by Gasteiger charge is -2.14. The van der Waals surface area contributed by atoms with E-state index >= 15 is 0 Å². The van der Waals surface area contributed by atoms with Gasteiger partial charge in [0.15, 0.2) is 0 Å². The third-order valence-corrected chi connectivity index (χ3v) is 3.62. The van der Waals surface area contributed by atoms with Gasteiger partial charge < -0.3 is 15.9 Å². The molecule has 2 aromatic rings. The smallest absolute Gasteiger partial charge is 0.146 e. The summed E-state index contributed by atoms with van der Waals surface area (Å²) in [4.78, 5) is 0. The summed E-state index contributed by atoms with van der Waals surface area (Å²) in [5.74, 6) is -0.348. The summed E-state index contributed by atoms with van der Waals surface area (Å²) in [6, 6.07) is 7.19. The number of hydrogen-bond acceptors (Lipinski definition) is 3. The Morgan fingerprint density at radius 1 is 0.905 bits per heavy atom. The number of hydrogen-bond donors (Lipinski definition) is 3. The van der Waals surface area contributed by atoms with Gasteiger partial charge in [-0.25, -0.2) is 0 Å². The number of rotatable bonds is 2. The van der Waals surface area contributed by atoms with E-state index in [9.17, 15) is 10.2 Å². The van der Waals surface area contributed by atoms with Crippen molar-refractivity contribution in [1.82, 2.24) is 0 Å². The van der Waals surface area contributed by atoms with Crippen molar-refractivity contribution in [2.45, 2.75) is 0 Å². The molecule has 0 spiro atoms. The Labute approximate surface area is 141 Å². The molecule has 0 radical (unpaired) electrons. The quantitative estimate of drug-likeness (QED) is 0.508. The van der Waals surface area contributed by atoms with Gasteiger partial charge in [-0.15, -0.1) is 0 Å². The van der Waals surface area contributed by atoms with Crippen molar-refractivity contribution < 1.29 is 10.2 Å². The standard InChI is InChI=1S/C14H9Cl4NO2/c15-6-1-2-11(20)8(3-6)12(14(17)18)9-4-7(16)5-10(19)13(9)21/h1-5,20-21H,19H2. The lowest BCUT2D eigenvalue weighted by Crippen LogP contribution is -1.95. The minimum Gasteiger partial charge on any atom is -0.507 e. The fourth-order valence-electron chi connectivity index (χ4n) is 1.87. The number of phenols is 2. The number of aromatic hydroxyl groups is 2. The normalized spacial score (nSPS) is 10.5. The van der Waals surface area contributed by atoms with E-state index in [4.69, 9.17) is 52.1 Å². The van der Waals surface area contributed by atoms with Gasteiger partial charge in [0.25, 0.3) is 0 Å². The van der Waals surface area contributed by atoms with Gasteiger partial charge in [-0.2, -0.15) is 0 Å². The van der Waals surface area contributed by atoms with Gasteiger partial charge in [0.05, 0.1) is 5.69 Å². The van der Waals surface area contributed by atoms with Gasteiger partial charge in [0, 0.05) is 26.7 Å². The Bertz CT molecular complexity index is 740. The van der Waals surface area contributed by atoms with Crippen LogP contribution in [-0.2, 0) is 0 Å². The molecule has 0 heterocycles. The molecule has 0 atom stereocenters. The average molecular weight is 365 g/mol. The van der Waals surface area contributed by atoms with E-state index in [0.29, 0.717) is 5.02 Å². The second kappa shape index (κ2) is 6.24. The molecule has 0 aromatic heterocycles. The molecule has 0 aliphatic heterocycles. The van der Waals surface area contributed by atoms with E-state index in [1.54, 1.807) is 0 Å². The van der Waals surface area contributed by atoms with E-state index in [-0.39, 0.29) is 43.4 Å². The van der Waals surface area contributed by atoms with Crippen molar-refractivity contribution in [1.29, 1.82) is 0 Å². The average Bonchev–Trinajstić information content (AvgIpc) is 2.39. The first-order valence-corrected chi connectivity index (χ1v) is 7.15. The molecule has 0 saturated heterocycles. The van der Waals surface area contributed by atoms with Crippen molar-refractivity contribution in [2.75, 3.05) is 5.73 Å². The molecule has 2 aromatic carbocycles. The third-order valence-electron chi connectivity index (χ3n) is 2.79. The number of benzene rings is 2. The Kier molecular flexibility index (Phi) is 4.79. The number of nitrogens with two attached hydrogens (primary N) is 1. The maximum atomic E-state index is 10.1. The molecule has 3 nitrogen and oxygen atoms in total. The van der Waals surface area contributed by atoms with Crippen molar-refractivity contribution in [3.8, 4) is 11.5 Å². The van der Waals surface area contributed by atoms with E-state index in [1.165, 1.54) is 30.3 Å². The van der Waals surface area contributed by atoms with Gasteiger partial charge in [-0.1, -0.05) is 46.4 Å². The third kappa shape index (κ3) is 3.33. The maximum absolute atomic E-state index is 10.1. The zero-order valence-corrected chi connectivity index (χ0v) is 13.4. The van der Waals surface area contributed by atoms with Crippen LogP contribution < -0.4 is 5.73 Å². The zero-order chi connectivity index (χ0) is 15.7. The molecule has 0 aliphatic carbocycles. The van der Waals surface area contributed by atoms with Crippen LogP contribution in [0, 0.1) is 0 Å². The largest absolute Gasteiger partial charge is 0.507 e. The summed E-state index contributed by atoms with van der Waals surface area (Å²) >= 11 is 23.7. The van der Waals surface area contributed by atoms with Crippen LogP contribution in [0.4, 0.5) is 5.69 Å². The molecule has 7 heteroatoms. The van der Waals surface area contributed by atoms with Crippen molar-refractivity contribution in [3.05, 3.63) is 56.0 Å². The molecule has 2 rings (SSSR count). The van der Waals surface area contributed by atoms with Crippen LogP contribution in [0.3, 0.4) is 0 Å². The van der Waals surface area contributed by atoms with Gasteiger partial charge in [-0.3, -0.25) is 0 Å². The molecule has 0 saturated carbocycles. The van der Waals surface area contributed by atoms with Crippen LogP contribution in [-0.4, -0.2) is 10.2 Å². The van der Waals surface area contributed by atoms with Crippen LogP contribution >= 0.6 is 46.4 Å². The fraction of sp³-hybridized carbons (Fsp3) is 0. The number of phenolic OH excluding ortho intramolecular Hbond substituents is 2. The number of anilines is 1. The first-order chi connectivity index (χ1) is 9.81. The van der Waals surface area contributed by atoms with Gasteiger partial charge in [0.2, 0.25) is 0 Å². The summed E-state index contributed by atoms with van der Waals surface area (Å²) in [7, 11) is 0. The highest BCUT2D eigenvalue weighted by Crippen LogP contribution is 2.43. The first-order valence-electron chi connectivity index (χ1n) is 5.63. The van der Waals surface area contributed by atoms with Crippen molar-refractivity contribution in [3.63, 3.8) is 0 Å². The van der Waals surface area contributed by atoms with Gasteiger partial charge in [-0.05, 0) is 30.3 Å². The summed E-state index contributed by atoms with van der Waals surface area (Å²) in [5, 5.41) is 20.8. The zero-order valence-electron chi connectivity index (χ0n) is 10.4. The highest BCUT2D eigenvalue weighted by molar-refractivity contribution is 6.59. The molecular formula is C14H9Cl4NO2. The topological polar surface area (TPSA) is 66.5 Å². The summed E-state index contributed by atoms with van der Waals surface area (Å²) in [5.41, 5.74) is 6.35. The van der Waals surface area contributed by atoms with Crippen molar-refractivity contribution in [2.24, 2.45) is 0 Å². The predicted molar refractivity (Wildman–Crippen MR) is 88.4 cm³/mol. The Hall–Kier alpha value is -1.26. The minimum atomic E-state index is -0.243. The molecule has 4 N–H and O–H groups in total. The van der Waals surface area contributed by atoms with E-state index in [2.05, 4.69) is 0 Å². The fourth-order valence-corrected chi connectivity index (χ4v) is 2.67. The molecule has 0 aliphatic rings. The second-order valence-electron chi connectivity index (χ2n) is 4.19.